The molecule has 0 bridgehead atoms. The van der Waals surface area contributed by atoms with E-state index in [1.807, 2.05) is 41.1 Å². The third-order valence-corrected chi connectivity index (χ3v) is 4.64. The SMILES string of the molecule is O=C(O)CCN(Cc1cccc(Br)c1)C(=O)CCc1ccsc1. The number of thiophene rings is 1. The summed E-state index contributed by atoms with van der Waals surface area (Å²) in [7, 11) is 0. The van der Waals surface area contributed by atoms with Crippen LogP contribution >= 0.6 is 27.3 Å². The van der Waals surface area contributed by atoms with E-state index in [1.54, 1.807) is 16.2 Å². The molecule has 0 saturated heterocycles. The number of carboxylic acid groups (broad SMARTS) is 1. The molecule has 6 heteroatoms. The van der Waals surface area contributed by atoms with Gasteiger partial charge < -0.3 is 10.0 Å². The molecule has 0 unspecified atom stereocenters. The number of aliphatic carboxylic acids is 1. The fourth-order valence-electron chi connectivity index (χ4n) is 2.22. The van der Waals surface area contributed by atoms with Crippen molar-refractivity contribution in [1.82, 2.24) is 4.90 Å². The van der Waals surface area contributed by atoms with E-state index in [-0.39, 0.29) is 18.9 Å². The van der Waals surface area contributed by atoms with Crippen LogP contribution in [0.5, 0.6) is 0 Å². The minimum atomic E-state index is -0.894. The molecule has 4 nitrogen and oxygen atoms in total. The summed E-state index contributed by atoms with van der Waals surface area (Å²) in [6, 6.07) is 9.71. The standard InChI is InChI=1S/C17H18BrNO3S/c18-15-3-1-2-14(10-15)11-19(8-6-17(21)22)16(20)5-4-13-7-9-23-12-13/h1-3,7,9-10,12H,4-6,8,11H2,(H,21,22). The van der Waals surface area contributed by atoms with Crippen LogP contribution in [0.4, 0.5) is 0 Å². The van der Waals surface area contributed by atoms with Crippen LogP contribution < -0.4 is 0 Å². The van der Waals surface area contributed by atoms with E-state index in [0.717, 1.165) is 15.6 Å². The van der Waals surface area contributed by atoms with Gasteiger partial charge in [-0.2, -0.15) is 11.3 Å². The van der Waals surface area contributed by atoms with Crippen molar-refractivity contribution in [3.63, 3.8) is 0 Å². The lowest BCUT2D eigenvalue weighted by Crippen LogP contribution is -2.32. The van der Waals surface area contributed by atoms with E-state index in [2.05, 4.69) is 15.9 Å². The molecular formula is C17H18BrNO3S. The number of hydrogen-bond acceptors (Lipinski definition) is 3. The zero-order chi connectivity index (χ0) is 16.7. The molecule has 122 valence electrons. The number of benzene rings is 1. The average molecular weight is 396 g/mol. The normalized spacial score (nSPS) is 10.5. The third-order valence-electron chi connectivity index (χ3n) is 3.42. The van der Waals surface area contributed by atoms with Gasteiger partial charge in [0.25, 0.3) is 0 Å². The van der Waals surface area contributed by atoms with Gasteiger partial charge in [0.2, 0.25) is 5.91 Å². The molecule has 0 aliphatic rings. The Kier molecular flexibility index (Phi) is 6.80. The molecule has 0 radical (unpaired) electrons. The van der Waals surface area contributed by atoms with Gasteiger partial charge in [-0.3, -0.25) is 9.59 Å². The second-order valence-corrected chi connectivity index (χ2v) is 6.92. The zero-order valence-corrected chi connectivity index (χ0v) is 15.0. The second-order valence-electron chi connectivity index (χ2n) is 5.22. The molecule has 2 rings (SSSR count). The highest BCUT2D eigenvalue weighted by molar-refractivity contribution is 9.10. The van der Waals surface area contributed by atoms with E-state index >= 15 is 0 Å². The first kappa shape index (κ1) is 17.7. The van der Waals surface area contributed by atoms with E-state index in [9.17, 15) is 9.59 Å². The first-order valence-corrected chi connectivity index (χ1v) is 9.03. The molecule has 1 aromatic carbocycles. The number of hydrogen-bond donors (Lipinski definition) is 1. The van der Waals surface area contributed by atoms with Gasteiger partial charge in [0, 0.05) is 24.0 Å². The first-order valence-electron chi connectivity index (χ1n) is 7.29. The number of aryl methyl sites for hydroxylation is 1. The number of amides is 1. The highest BCUT2D eigenvalue weighted by atomic mass is 79.9. The van der Waals surface area contributed by atoms with E-state index in [1.165, 1.54) is 0 Å². The molecule has 0 saturated carbocycles. The number of nitrogens with zero attached hydrogens (tertiary/aromatic N) is 1. The van der Waals surface area contributed by atoms with Gasteiger partial charge in [0.05, 0.1) is 6.42 Å². The zero-order valence-electron chi connectivity index (χ0n) is 12.6. The average Bonchev–Trinajstić information content (AvgIpc) is 3.02. The van der Waals surface area contributed by atoms with Crippen LogP contribution in [-0.4, -0.2) is 28.4 Å². The molecule has 1 amide bonds. The summed E-state index contributed by atoms with van der Waals surface area (Å²) in [4.78, 5) is 24.9. The fourth-order valence-corrected chi connectivity index (χ4v) is 3.37. The molecular weight excluding hydrogens is 378 g/mol. The number of carboxylic acids is 1. The van der Waals surface area contributed by atoms with Crippen LogP contribution in [0.2, 0.25) is 0 Å². The van der Waals surface area contributed by atoms with Crippen molar-refractivity contribution in [3.05, 3.63) is 56.7 Å². The summed E-state index contributed by atoms with van der Waals surface area (Å²) in [6.45, 7) is 0.652. The molecule has 0 atom stereocenters. The van der Waals surface area contributed by atoms with Gasteiger partial charge in [-0.15, -0.1) is 0 Å². The van der Waals surface area contributed by atoms with E-state index in [0.29, 0.717) is 19.4 Å². The Hall–Kier alpha value is -1.66. The molecule has 1 aromatic heterocycles. The van der Waals surface area contributed by atoms with Crippen molar-refractivity contribution < 1.29 is 14.7 Å². The van der Waals surface area contributed by atoms with Crippen molar-refractivity contribution in [2.24, 2.45) is 0 Å². The Balaban J connectivity index is 2.00. The van der Waals surface area contributed by atoms with Crippen LogP contribution in [0.25, 0.3) is 0 Å². The summed E-state index contributed by atoms with van der Waals surface area (Å²) >= 11 is 5.02. The summed E-state index contributed by atoms with van der Waals surface area (Å²) in [6.07, 6.45) is 1.03. The topological polar surface area (TPSA) is 57.6 Å². The Bertz CT molecular complexity index is 658. The lowest BCUT2D eigenvalue weighted by Gasteiger charge is -2.22. The Morgan fingerprint density at radius 2 is 2.00 bits per heavy atom. The highest BCUT2D eigenvalue weighted by Crippen LogP contribution is 2.15. The van der Waals surface area contributed by atoms with Gasteiger partial charge in [0.15, 0.2) is 0 Å². The monoisotopic (exact) mass is 395 g/mol. The van der Waals surface area contributed by atoms with Gasteiger partial charge in [-0.1, -0.05) is 28.1 Å². The van der Waals surface area contributed by atoms with Gasteiger partial charge in [-0.05, 0) is 46.5 Å². The summed E-state index contributed by atoms with van der Waals surface area (Å²) in [5.74, 6) is -0.910. The fraction of sp³-hybridized carbons (Fsp3) is 0.294. The van der Waals surface area contributed by atoms with Crippen molar-refractivity contribution in [2.75, 3.05) is 6.54 Å². The number of carbonyl (C=O) groups excluding carboxylic acids is 1. The van der Waals surface area contributed by atoms with Crippen LogP contribution in [-0.2, 0) is 22.6 Å². The molecule has 23 heavy (non-hydrogen) atoms. The van der Waals surface area contributed by atoms with Crippen LogP contribution in [0.3, 0.4) is 0 Å². The molecule has 0 aliphatic heterocycles. The smallest absolute Gasteiger partial charge is 0.305 e. The molecule has 0 aliphatic carbocycles. The number of rotatable bonds is 8. The van der Waals surface area contributed by atoms with Crippen LogP contribution in [0, 0.1) is 0 Å². The Labute approximate surface area is 147 Å². The number of halogens is 1. The van der Waals surface area contributed by atoms with E-state index < -0.39 is 5.97 Å². The maximum atomic E-state index is 12.5. The summed E-state index contributed by atoms with van der Waals surface area (Å²) < 4.78 is 0.943. The molecule has 0 fully saturated rings. The molecule has 0 spiro atoms. The van der Waals surface area contributed by atoms with Crippen molar-refractivity contribution in [2.45, 2.75) is 25.8 Å². The van der Waals surface area contributed by atoms with Gasteiger partial charge >= 0.3 is 5.97 Å². The van der Waals surface area contributed by atoms with Gasteiger partial charge in [0.1, 0.15) is 0 Å². The summed E-state index contributed by atoms with van der Waals surface area (Å²) in [5.41, 5.74) is 2.12. The Morgan fingerprint density at radius 1 is 1.17 bits per heavy atom. The molecule has 2 aromatic rings. The van der Waals surface area contributed by atoms with Crippen LogP contribution in [0.15, 0.2) is 45.6 Å². The highest BCUT2D eigenvalue weighted by Gasteiger charge is 2.15. The van der Waals surface area contributed by atoms with Crippen molar-refractivity contribution in [1.29, 1.82) is 0 Å². The van der Waals surface area contributed by atoms with Crippen molar-refractivity contribution in [3.8, 4) is 0 Å². The molecule has 1 N–H and O–H groups in total. The Morgan fingerprint density at radius 3 is 2.65 bits per heavy atom. The minimum Gasteiger partial charge on any atom is -0.481 e. The van der Waals surface area contributed by atoms with E-state index in [4.69, 9.17) is 5.11 Å². The predicted molar refractivity (Wildman–Crippen MR) is 94.5 cm³/mol. The molecule has 1 heterocycles. The maximum absolute atomic E-state index is 12.5. The lowest BCUT2D eigenvalue weighted by molar-refractivity contribution is -0.138. The van der Waals surface area contributed by atoms with Gasteiger partial charge in [-0.25, -0.2) is 0 Å². The minimum absolute atomic E-state index is 0.0163. The largest absolute Gasteiger partial charge is 0.481 e. The quantitative estimate of drug-likeness (QED) is 0.735. The van der Waals surface area contributed by atoms with Crippen molar-refractivity contribution >= 4 is 39.1 Å². The third kappa shape index (κ3) is 6.15. The first-order chi connectivity index (χ1) is 11.0. The second kappa shape index (κ2) is 8.84. The predicted octanol–water partition coefficient (Wildman–Crippen LogP) is 3.95. The van der Waals surface area contributed by atoms with Crippen LogP contribution in [0.1, 0.15) is 24.0 Å². The summed E-state index contributed by atoms with van der Waals surface area (Å²) in [5, 5.41) is 12.9. The number of carbonyl (C=O) groups is 2. The lowest BCUT2D eigenvalue weighted by atomic mass is 10.1. The maximum Gasteiger partial charge on any atom is 0.305 e.